The second-order valence-corrected chi connectivity index (χ2v) is 8.38. The molecule has 0 aromatic carbocycles. The van der Waals surface area contributed by atoms with Crippen molar-refractivity contribution in [2.45, 2.75) is 25.5 Å². The van der Waals surface area contributed by atoms with Gasteiger partial charge >= 0.3 is 0 Å². The third kappa shape index (κ3) is 6.31. The fourth-order valence-electron chi connectivity index (χ4n) is 3.94. The second-order valence-electron chi connectivity index (χ2n) is 7.94. The van der Waals surface area contributed by atoms with Crippen LogP contribution in [0.25, 0.3) is 5.69 Å². The number of aromatic nitrogens is 3. The number of likely N-dealkylation sites (tertiary alicyclic amines) is 1. The van der Waals surface area contributed by atoms with Crippen LogP contribution in [-0.4, -0.2) is 58.8 Å². The van der Waals surface area contributed by atoms with E-state index >= 15 is 0 Å². The molecule has 0 radical (unpaired) electrons. The van der Waals surface area contributed by atoms with Crippen LogP contribution in [0.5, 0.6) is 5.75 Å². The lowest BCUT2D eigenvalue weighted by Crippen LogP contribution is -2.36. The number of nitrogens with one attached hydrogen (secondary N) is 1. The zero-order valence-electron chi connectivity index (χ0n) is 18.6. The molecular formula is C24H28ClN5O3. The minimum atomic E-state index is -0.197. The number of halogens is 1. The van der Waals surface area contributed by atoms with Crippen molar-refractivity contribution in [3.05, 3.63) is 76.1 Å². The van der Waals surface area contributed by atoms with Gasteiger partial charge in [-0.15, -0.1) is 0 Å². The fourth-order valence-corrected chi connectivity index (χ4v) is 4.06. The van der Waals surface area contributed by atoms with Gasteiger partial charge < -0.3 is 14.8 Å². The Morgan fingerprint density at radius 1 is 1.18 bits per heavy atom. The van der Waals surface area contributed by atoms with E-state index in [1.807, 2.05) is 12.1 Å². The summed E-state index contributed by atoms with van der Waals surface area (Å²) >= 11 is 5.84. The van der Waals surface area contributed by atoms with Crippen LogP contribution in [0.3, 0.4) is 0 Å². The van der Waals surface area contributed by atoms with Crippen molar-refractivity contribution in [2.75, 3.05) is 38.7 Å². The highest BCUT2D eigenvalue weighted by atomic mass is 35.5. The first-order chi connectivity index (χ1) is 16.1. The summed E-state index contributed by atoms with van der Waals surface area (Å²) in [6, 6.07) is 11.0. The quantitative estimate of drug-likeness (QED) is 0.487. The van der Waals surface area contributed by atoms with Gasteiger partial charge in [-0.1, -0.05) is 11.6 Å². The van der Waals surface area contributed by atoms with Gasteiger partial charge in [-0.05, 0) is 49.7 Å². The number of rotatable bonds is 10. The third-order valence-electron chi connectivity index (χ3n) is 5.66. The zero-order chi connectivity index (χ0) is 23.0. The van der Waals surface area contributed by atoms with Crippen LogP contribution < -0.4 is 15.6 Å². The highest BCUT2D eigenvalue weighted by Gasteiger charge is 2.23. The van der Waals surface area contributed by atoms with E-state index in [1.54, 1.807) is 43.9 Å². The number of pyridine rings is 3. The van der Waals surface area contributed by atoms with Crippen LogP contribution in [0.1, 0.15) is 18.5 Å². The number of anilines is 1. The van der Waals surface area contributed by atoms with Crippen molar-refractivity contribution >= 4 is 17.4 Å². The maximum Gasteiger partial charge on any atom is 0.258 e. The molecule has 1 aliphatic heterocycles. The molecule has 0 unspecified atom stereocenters. The van der Waals surface area contributed by atoms with Crippen molar-refractivity contribution in [1.29, 1.82) is 0 Å². The molecule has 1 fully saturated rings. The molecule has 1 N–H and O–H groups in total. The maximum atomic E-state index is 12.6. The Bertz CT molecular complexity index is 1090. The van der Waals surface area contributed by atoms with Crippen molar-refractivity contribution in [1.82, 2.24) is 19.4 Å². The molecule has 1 atom stereocenters. The minimum Gasteiger partial charge on any atom is -0.487 e. The fraction of sp³-hybridized carbons (Fsp3) is 0.375. The number of hydrogen-bond donors (Lipinski definition) is 1. The van der Waals surface area contributed by atoms with Gasteiger partial charge in [0.25, 0.3) is 5.56 Å². The monoisotopic (exact) mass is 469 g/mol. The first kappa shape index (κ1) is 23.2. The van der Waals surface area contributed by atoms with E-state index in [9.17, 15) is 4.79 Å². The Balaban J connectivity index is 1.30. The Hall–Kier alpha value is -2.94. The summed E-state index contributed by atoms with van der Waals surface area (Å²) in [5.41, 5.74) is 1.23. The van der Waals surface area contributed by atoms with E-state index in [1.165, 1.54) is 23.5 Å². The average molecular weight is 470 g/mol. The summed E-state index contributed by atoms with van der Waals surface area (Å²) in [5, 5.41) is 3.93. The molecule has 8 nitrogen and oxygen atoms in total. The van der Waals surface area contributed by atoms with Gasteiger partial charge in [0.2, 0.25) is 0 Å². The lowest BCUT2D eigenvalue weighted by atomic mass is 10.2. The molecule has 4 rings (SSSR count). The number of hydrogen-bond acceptors (Lipinski definition) is 7. The summed E-state index contributed by atoms with van der Waals surface area (Å²) in [6.07, 6.45) is 7.34. The summed E-state index contributed by atoms with van der Waals surface area (Å²) < 4.78 is 12.5. The molecule has 1 aliphatic rings. The maximum absolute atomic E-state index is 12.6. The van der Waals surface area contributed by atoms with E-state index in [2.05, 4.69) is 20.2 Å². The van der Waals surface area contributed by atoms with Crippen LogP contribution in [-0.2, 0) is 11.3 Å². The van der Waals surface area contributed by atoms with Crippen molar-refractivity contribution in [2.24, 2.45) is 0 Å². The Kier molecular flexibility index (Phi) is 7.93. The standard InChI is InChI=1S/C24H28ClN5O3/c1-32-17-21-3-2-10-29(21)12-9-26-23-7-6-20(15-28-23)30-11-8-22(13-24(30)31)33-16-19-5-4-18(25)14-27-19/h4-8,11,13-15,21H,2-3,9-10,12,16-17H2,1H3,(H,26,28)/t21-/m1/s1. The lowest BCUT2D eigenvalue weighted by molar-refractivity contribution is 0.118. The van der Waals surface area contributed by atoms with Gasteiger partial charge in [-0.3, -0.25) is 19.2 Å². The molecule has 174 valence electrons. The van der Waals surface area contributed by atoms with Crippen molar-refractivity contribution < 1.29 is 9.47 Å². The molecule has 3 aromatic heterocycles. The molecule has 4 heterocycles. The Morgan fingerprint density at radius 2 is 2.09 bits per heavy atom. The molecule has 1 saturated heterocycles. The van der Waals surface area contributed by atoms with E-state index in [0.29, 0.717) is 22.5 Å². The van der Waals surface area contributed by atoms with Gasteiger partial charge in [0.05, 0.1) is 29.2 Å². The van der Waals surface area contributed by atoms with Gasteiger partial charge in [-0.2, -0.15) is 0 Å². The van der Waals surface area contributed by atoms with Gasteiger partial charge in [0, 0.05) is 44.7 Å². The van der Waals surface area contributed by atoms with E-state index < -0.39 is 0 Å². The first-order valence-corrected chi connectivity index (χ1v) is 11.4. The van der Waals surface area contributed by atoms with Crippen molar-refractivity contribution in [3.8, 4) is 11.4 Å². The molecule has 3 aromatic rings. The molecular weight excluding hydrogens is 442 g/mol. The van der Waals surface area contributed by atoms with E-state index in [0.717, 1.165) is 37.8 Å². The topological polar surface area (TPSA) is 81.5 Å². The van der Waals surface area contributed by atoms with Crippen LogP contribution in [0.15, 0.2) is 59.8 Å². The Labute approximate surface area is 198 Å². The highest BCUT2D eigenvalue weighted by Crippen LogP contribution is 2.17. The van der Waals surface area contributed by atoms with E-state index in [-0.39, 0.29) is 12.2 Å². The number of nitrogens with zero attached hydrogens (tertiary/aromatic N) is 4. The summed E-state index contributed by atoms with van der Waals surface area (Å²) in [7, 11) is 1.75. The predicted octanol–water partition coefficient (Wildman–Crippen LogP) is 3.38. The van der Waals surface area contributed by atoms with Crippen LogP contribution in [0.2, 0.25) is 5.02 Å². The molecule has 9 heteroatoms. The van der Waals surface area contributed by atoms with E-state index in [4.69, 9.17) is 21.1 Å². The molecule has 0 spiro atoms. The van der Waals surface area contributed by atoms with Crippen LogP contribution in [0, 0.1) is 0 Å². The average Bonchev–Trinajstić information content (AvgIpc) is 3.27. The van der Waals surface area contributed by atoms with Crippen molar-refractivity contribution in [3.63, 3.8) is 0 Å². The SMILES string of the molecule is COC[C@H]1CCCN1CCNc1ccc(-n2ccc(OCc3ccc(Cl)cn3)cc2=O)cn1. The molecule has 0 amide bonds. The van der Waals surface area contributed by atoms with Gasteiger partial charge in [-0.25, -0.2) is 4.98 Å². The molecule has 33 heavy (non-hydrogen) atoms. The van der Waals surface area contributed by atoms with Crippen LogP contribution in [0.4, 0.5) is 5.82 Å². The zero-order valence-corrected chi connectivity index (χ0v) is 19.4. The second kappa shape index (κ2) is 11.3. The van der Waals surface area contributed by atoms with Gasteiger partial charge in [0.15, 0.2) is 0 Å². The third-order valence-corrected chi connectivity index (χ3v) is 5.88. The smallest absolute Gasteiger partial charge is 0.258 e. The number of methoxy groups -OCH3 is 1. The lowest BCUT2D eigenvalue weighted by Gasteiger charge is -2.23. The first-order valence-electron chi connectivity index (χ1n) is 11.0. The molecule has 0 saturated carbocycles. The Morgan fingerprint density at radius 3 is 2.82 bits per heavy atom. The normalized spacial score (nSPS) is 16.1. The summed E-state index contributed by atoms with van der Waals surface area (Å²) in [4.78, 5) is 23.7. The largest absolute Gasteiger partial charge is 0.487 e. The minimum absolute atomic E-state index is 0.197. The summed E-state index contributed by atoms with van der Waals surface area (Å²) in [5.74, 6) is 1.26. The number of ether oxygens (including phenoxy) is 2. The predicted molar refractivity (Wildman–Crippen MR) is 128 cm³/mol. The van der Waals surface area contributed by atoms with Crippen LogP contribution >= 0.6 is 11.6 Å². The van der Waals surface area contributed by atoms with Gasteiger partial charge in [0.1, 0.15) is 18.2 Å². The molecule has 0 aliphatic carbocycles. The summed E-state index contributed by atoms with van der Waals surface area (Å²) in [6.45, 7) is 3.90. The highest BCUT2D eigenvalue weighted by molar-refractivity contribution is 6.30. The molecule has 0 bridgehead atoms.